The van der Waals surface area contributed by atoms with E-state index in [9.17, 15) is 14.4 Å². The van der Waals surface area contributed by atoms with Crippen LogP contribution in [0.25, 0.3) is 0 Å². The van der Waals surface area contributed by atoms with Crippen LogP contribution in [-0.4, -0.2) is 30.3 Å². The fourth-order valence-corrected chi connectivity index (χ4v) is 1.77. The van der Waals surface area contributed by atoms with E-state index in [-0.39, 0.29) is 17.7 Å². The van der Waals surface area contributed by atoms with Gasteiger partial charge in [0.05, 0.1) is 7.11 Å². The summed E-state index contributed by atoms with van der Waals surface area (Å²) in [5.41, 5.74) is -0.321. The van der Waals surface area contributed by atoms with Crippen molar-refractivity contribution >= 4 is 17.7 Å². The summed E-state index contributed by atoms with van der Waals surface area (Å²) in [6, 6.07) is 0. The maximum atomic E-state index is 11.5. The van der Waals surface area contributed by atoms with Crippen molar-refractivity contribution in [1.29, 1.82) is 0 Å². The Kier molecular flexibility index (Phi) is 1.83. The molecule has 2 rings (SSSR count). The molecule has 5 nitrogen and oxygen atoms in total. The van der Waals surface area contributed by atoms with Crippen molar-refractivity contribution in [2.45, 2.75) is 24.8 Å². The highest BCUT2D eigenvalue weighted by molar-refractivity contribution is 6.18. The molecule has 1 N–H and O–H groups in total. The number of piperidine rings is 1. The molecule has 1 aliphatic carbocycles. The lowest BCUT2D eigenvalue weighted by molar-refractivity contribution is -0.155. The van der Waals surface area contributed by atoms with E-state index in [0.717, 1.165) is 12.8 Å². The van der Waals surface area contributed by atoms with Crippen LogP contribution in [0.4, 0.5) is 0 Å². The number of carbonyl (C=O) groups is 3. The first-order valence-electron chi connectivity index (χ1n) is 4.50. The summed E-state index contributed by atoms with van der Waals surface area (Å²) >= 11 is 0. The van der Waals surface area contributed by atoms with Gasteiger partial charge < -0.3 is 10.1 Å². The molecule has 0 aromatic rings. The predicted molar refractivity (Wildman–Crippen MR) is 45.2 cm³/mol. The van der Waals surface area contributed by atoms with Gasteiger partial charge in [0.2, 0.25) is 5.91 Å². The largest absolute Gasteiger partial charge is 0.468 e. The van der Waals surface area contributed by atoms with Gasteiger partial charge in [-0.05, 0) is 12.8 Å². The van der Waals surface area contributed by atoms with Crippen molar-refractivity contribution < 1.29 is 19.1 Å². The third-order valence-corrected chi connectivity index (χ3v) is 2.78. The van der Waals surface area contributed by atoms with Crippen molar-refractivity contribution in [3.05, 3.63) is 0 Å². The van der Waals surface area contributed by atoms with Gasteiger partial charge in [-0.2, -0.15) is 0 Å². The lowest BCUT2D eigenvalue weighted by atomic mass is 9.91. The van der Waals surface area contributed by atoms with Gasteiger partial charge in [0.25, 0.3) is 0 Å². The molecule has 1 spiro atoms. The Morgan fingerprint density at radius 3 is 2.57 bits per heavy atom. The standard InChI is InChI=1S/C9H11NO4/c1-14-8(13)6-5(11)4-9(2-3-9)10-7(6)12/h6H,2-4H2,1H3,(H,10,12)/t6-/m0/s1. The first-order chi connectivity index (χ1) is 6.58. The maximum absolute atomic E-state index is 11.5. The molecule has 1 saturated heterocycles. The molecule has 0 unspecified atom stereocenters. The van der Waals surface area contributed by atoms with Crippen molar-refractivity contribution in [3.63, 3.8) is 0 Å². The second-order valence-electron chi connectivity index (χ2n) is 3.87. The first kappa shape index (κ1) is 9.18. The van der Waals surface area contributed by atoms with Crippen LogP contribution >= 0.6 is 0 Å². The van der Waals surface area contributed by atoms with E-state index in [1.807, 2.05) is 0 Å². The summed E-state index contributed by atoms with van der Waals surface area (Å²) < 4.78 is 4.40. The minimum atomic E-state index is -1.24. The van der Waals surface area contributed by atoms with Gasteiger partial charge in [-0.25, -0.2) is 0 Å². The molecule has 0 bridgehead atoms. The molecule has 14 heavy (non-hydrogen) atoms. The Labute approximate surface area is 80.8 Å². The average molecular weight is 197 g/mol. The molecule has 76 valence electrons. The van der Waals surface area contributed by atoms with Crippen LogP contribution in [0, 0.1) is 5.92 Å². The summed E-state index contributed by atoms with van der Waals surface area (Å²) in [4.78, 5) is 34.0. The van der Waals surface area contributed by atoms with Crippen LogP contribution in [0.3, 0.4) is 0 Å². The summed E-state index contributed by atoms with van der Waals surface area (Å²) in [5, 5.41) is 2.70. The lowest BCUT2D eigenvalue weighted by Crippen LogP contribution is -2.53. The highest BCUT2D eigenvalue weighted by Crippen LogP contribution is 2.42. The van der Waals surface area contributed by atoms with E-state index in [2.05, 4.69) is 10.1 Å². The minimum absolute atomic E-state index is 0.262. The van der Waals surface area contributed by atoms with Gasteiger partial charge in [0.1, 0.15) is 0 Å². The molecule has 1 amide bonds. The molecular formula is C9H11NO4. The van der Waals surface area contributed by atoms with Crippen LogP contribution in [0.1, 0.15) is 19.3 Å². The van der Waals surface area contributed by atoms with Crippen LogP contribution in [0.2, 0.25) is 0 Å². The van der Waals surface area contributed by atoms with Gasteiger partial charge in [-0.3, -0.25) is 14.4 Å². The molecule has 0 aromatic heterocycles. The number of amides is 1. The maximum Gasteiger partial charge on any atom is 0.325 e. The van der Waals surface area contributed by atoms with E-state index in [1.54, 1.807) is 0 Å². The van der Waals surface area contributed by atoms with E-state index >= 15 is 0 Å². The normalized spacial score (nSPS) is 28.5. The van der Waals surface area contributed by atoms with Crippen LogP contribution < -0.4 is 5.32 Å². The molecule has 2 fully saturated rings. The van der Waals surface area contributed by atoms with E-state index < -0.39 is 17.8 Å². The summed E-state index contributed by atoms with van der Waals surface area (Å²) in [7, 11) is 1.17. The quantitative estimate of drug-likeness (QED) is 0.450. The Balaban J connectivity index is 2.16. The van der Waals surface area contributed by atoms with Gasteiger partial charge in [0, 0.05) is 12.0 Å². The third kappa shape index (κ3) is 1.29. The smallest absolute Gasteiger partial charge is 0.325 e. The second-order valence-corrected chi connectivity index (χ2v) is 3.87. The molecule has 1 saturated carbocycles. The van der Waals surface area contributed by atoms with E-state index in [1.165, 1.54) is 7.11 Å². The number of carbonyl (C=O) groups excluding carboxylic acids is 3. The molecule has 2 aliphatic rings. The third-order valence-electron chi connectivity index (χ3n) is 2.78. The number of Topliss-reactive ketones (excluding diaryl/α,β-unsaturated/α-hetero) is 1. The zero-order valence-electron chi connectivity index (χ0n) is 7.83. The molecule has 0 aromatic carbocycles. The van der Waals surface area contributed by atoms with Crippen molar-refractivity contribution in [2.75, 3.05) is 7.11 Å². The topological polar surface area (TPSA) is 72.5 Å². The Morgan fingerprint density at radius 1 is 1.50 bits per heavy atom. The predicted octanol–water partition coefficient (Wildman–Crippen LogP) is -0.603. The molecule has 1 aliphatic heterocycles. The number of methoxy groups -OCH3 is 1. The molecule has 0 radical (unpaired) electrons. The number of esters is 1. The molecule has 5 heteroatoms. The molecular weight excluding hydrogens is 186 g/mol. The first-order valence-corrected chi connectivity index (χ1v) is 4.50. The van der Waals surface area contributed by atoms with Gasteiger partial charge in [-0.1, -0.05) is 0 Å². The van der Waals surface area contributed by atoms with E-state index in [0.29, 0.717) is 0 Å². The zero-order chi connectivity index (χ0) is 10.3. The number of nitrogens with one attached hydrogen (secondary N) is 1. The Bertz CT molecular complexity index is 299. The van der Waals surface area contributed by atoms with Crippen LogP contribution in [-0.2, 0) is 19.1 Å². The number of ether oxygens (including phenoxy) is 1. The lowest BCUT2D eigenvalue weighted by Gasteiger charge is -2.26. The summed E-state index contributed by atoms with van der Waals surface area (Å²) in [5.74, 6) is -2.84. The zero-order valence-corrected chi connectivity index (χ0v) is 7.83. The highest BCUT2D eigenvalue weighted by atomic mass is 16.5. The average Bonchev–Trinajstić information content (AvgIpc) is 2.82. The van der Waals surface area contributed by atoms with Gasteiger partial charge >= 0.3 is 5.97 Å². The van der Waals surface area contributed by atoms with Crippen molar-refractivity contribution in [2.24, 2.45) is 5.92 Å². The van der Waals surface area contributed by atoms with Gasteiger partial charge in [-0.15, -0.1) is 0 Å². The summed E-state index contributed by atoms with van der Waals surface area (Å²) in [6.07, 6.45) is 1.93. The van der Waals surface area contributed by atoms with Crippen molar-refractivity contribution in [3.8, 4) is 0 Å². The fourth-order valence-electron chi connectivity index (χ4n) is 1.77. The van der Waals surface area contributed by atoms with Crippen LogP contribution in [0.15, 0.2) is 0 Å². The number of rotatable bonds is 1. The monoisotopic (exact) mass is 197 g/mol. The minimum Gasteiger partial charge on any atom is -0.468 e. The highest BCUT2D eigenvalue weighted by Gasteiger charge is 2.54. The number of hydrogen-bond donors (Lipinski definition) is 1. The fraction of sp³-hybridized carbons (Fsp3) is 0.667. The van der Waals surface area contributed by atoms with Crippen LogP contribution in [0.5, 0.6) is 0 Å². The Hall–Kier alpha value is -1.39. The SMILES string of the molecule is COC(=O)[C@H]1C(=O)CC2(CC2)NC1=O. The van der Waals surface area contributed by atoms with Crippen molar-refractivity contribution in [1.82, 2.24) is 5.32 Å². The number of ketones is 1. The van der Waals surface area contributed by atoms with Gasteiger partial charge in [0.15, 0.2) is 11.7 Å². The molecule has 1 heterocycles. The second kappa shape index (κ2) is 2.80. The Morgan fingerprint density at radius 2 is 2.14 bits per heavy atom. The summed E-state index contributed by atoms with van der Waals surface area (Å²) in [6.45, 7) is 0. The van der Waals surface area contributed by atoms with E-state index in [4.69, 9.17) is 0 Å². The number of hydrogen-bond acceptors (Lipinski definition) is 4. The molecule has 1 atom stereocenters.